The normalized spacial score (nSPS) is 17.0. The summed E-state index contributed by atoms with van der Waals surface area (Å²) in [5.41, 5.74) is 6.69. The van der Waals surface area contributed by atoms with E-state index in [9.17, 15) is 19.1 Å². The first-order valence-corrected chi connectivity index (χ1v) is 10.8. The summed E-state index contributed by atoms with van der Waals surface area (Å²) in [6.45, 7) is 5.65. The van der Waals surface area contributed by atoms with Crippen LogP contribution in [0.1, 0.15) is 59.3 Å². The first kappa shape index (κ1) is 21.4. The lowest BCUT2D eigenvalue weighted by Gasteiger charge is -2.34. The van der Waals surface area contributed by atoms with Gasteiger partial charge in [0.25, 0.3) is 0 Å². The van der Waals surface area contributed by atoms with Gasteiger partial charge in [-0.2, -0.15) is 0 Å². The Morgan fingerprint density at radius 2 is 1.65 bits per heavy atom. The Labute approximate surface area is 182 Å². The number of rotatable bonds is 4. The van der Waals surface area contributed by atoms with E-state index >= 15 is 0 Å². The molecule has 1 aliphatic carbocycles. The molecular formula is C26H28FNO3. The van der Waals surface area contributed by atoms with Crippen LogP contribution in [0.15, 0.2) is 42.0 Å². The number of nitrogens with zero attached hydrogens (tertiary/aromatic N) is 1. The van der Waals surface area contributed by atoms with E-state index in [4.69, 9.17) is 0 Å². The van der Waals surface area contributed by atoms with Crippen LogP contribution in [-0.4, -0.2) is 41.9 Å². The maximum absolute atomic E-state index is 14.0. The zero-order valence-electron chi connectivity index (χ0n) is 18.1. The van der Waals surface area contributed by atoms with Gasteiger partial charge in [-0.25, -0.2) is 4.39 Å². The zero-order valence-corrected chi connectivity index (χ0v) is 18.1. The number of carbonyl (C=O) groups is 2. The van der Waals surface area contributed by atoms with Gasteiger partial charge in [-0.15, -0.1) is 0 Å². The summed E-state index contributed by atoms with van der Waals surface area (Å²) in [6, 6.07) is 10.9. The van der Waals surface area contributed by atoms with Crippen molar-refractivity contribution in [3.8, 4) is 0 Å². The lowest BCUT2D eigenvalue weighted by molar-refractivity contribution is -0.148. The van der Waals surface area contributed by atoms with Gasteiger partial charge in [0.1, 0.15) is 12.1 Å². The second-order valence-corrected chi connectivity index (χ2v) is 9.28. The summed E-state index contributed by atoms with van der Waals surface area (Å²) < 4.78 is 14.0. The molecule has 0 radical (unpaired) electrons. The van der Waals surface area contributed by atoms with Crippen LogP contribution in [0.5, 0.6) is 0 Å². The van der Waals surface area contributed by atoms with Crippen molar-refractivity contribution in [3.63, 3.8) is 0 Å². The highest BCUT2D eigenvalue weighted by Gasteiger charge is 2.31. The average molecular weight is 422 g/mol. The number of benzene rings is 2. The Hall–Kier alpha value is -2.79. The van der Waals surface area contributed by atoms with Gasteiger partial charge in [0, 0.05) is 25.2 Å². The van der Waals surface area contributed by atoms with E-state index in [1.165, 1.54) is 11.6 Å². The Kier molecular flexibility index (Phi) is 5.80. The second kappa shape index (κ2) is 8.39. The predicted molar refractivity (Wildman–Crippen MR) is 119 cm³/mol. The molecule has 0 amide bonds. The molecule has 1 heterocycles. The van der Waals surface area contributed by atoms with E-state index in [0.29, 0.717) is 12.1 Å². The summed E-state index contributed by atoms with van der Waals surface area (Å²) in [7, 11) is 0. The van der Waals surface area contributed by atoms with Crippen molar-refractivity contribution in [2.45, 2.75) is 39.5 Å². The maximum atomic E-state index is 14.0. The molecule has 4 nitrogen and oxygen atoms in total. The van der Waals surface area contributed by atoms with E-state index in [-0.39, 0.29) is 5.82 Å². The standard InChI is InChI=1S/C26H28FNO3/c1-26(2,25(30)31)16-28-11-9-18(10-12-28)24-22-7-3-17(15-29)13-19(22)4-5-20-14-21(27)6-8-23(20)24/h3,6-8,13-15H,4-5,9-12,16H2,1-2H3,(H,30,31). The molecule has 1 N–H and O–H groups in total. The van der Waals surface area contributed by atoms with Crippen LogP contribution in [0.25, 0.3) is 5.57 Å². The van der Waals surface area contributed by atoms with Crippen LogP contribution < -0.4 is 0 Å². The minimum atomic E-state index is -0.783. The monoisotopic (exact) mass is 421 g/mol. The Morgan fingerprint density at radius 3 is 2.26 bits per heavy atom. The van der Waals surface area contributed by atoms with Crippen molar-refractivity contribution < 1.29 is 19.1 Å². The molecule has 5 heteroatoms. The highest BCUT2D eigenvalue weighted by Crippen LogP contribution is 2.39. The molecule has 1 fully saturated rings. The number of carboxylic acid groups (broad SMARTS) is 1. The van der Waals surface area contributed by atoms with E-state index in [1.54, 1.807) is 19.9 Å². The molecule has 1 saturated heterocycles. The molecule has 0 aromatic heterocycles. The molecule has 2 aliphatic rings. The molecule has 2 aromatic rings. The van der Waals surface area contributed by atoms with Crippen LogP contribution >= 0.6 is 0 Å². The van der Waals surface area contributed by atoms with Crippen LogP contribution in [0, 0.1) is 11.2 Å². The second-order valence-electron chi connectivity index (χ2n) is 9.28. The number of piperidine rings is 1. The molecule has 4 rings (SSSR count). The summed E-state index contributed by atoms with van der Waals surface area (Å²) >= 11 is 0. The van der Waals surface area contributed by atoms with Gasteiger partial charge in [0.2, 0.25) is 0 Å². The number of aldehydes is 1. The van der Waals surface area contributed by atoms with Gasteiger partial charge in [-0.05, 0) is 85.6 Å². The van der Waals surface area contributed by atoms with Crippen molar-refractivity contribution >= 4 is 17.8 Å². The van der Waals surface area contributed by atoms with Crippen LogP contribution in [0.4, 0.5) is 4.39 Å². The molecular weight excluding hydrogens is 393 g/mol. The fraction of sp³-hybridized carbons (Fsp3) is 0.385. The number of carboxylic acids is 1. The third-order valence-corrected chi connectivity index (χ3v) is 6.55. The number of hydrogen-bond acceptors (Lipinski definition) is 3. The molecule has 1 aliphatic heterocycles. The average Bonchev–Trinajstić information content (AvgIpc) is 2.90. The predicted octanol–water partition coefficient (Wildman–Crippen LogP) is 4.75. The third kappa shape index (κ3) is 4.33. The summed E-state index contributed by atoms with van der Waals surface area (Å²) in [5.74, 6) is -1.01. The lowest BCUT2D eigenvalue weighted by atomic mass is 9.85. The summed E-state index contributed by atoms with van der Waals surface area (Å²) in [4.78, 5) is 25.0. The maximum Gasteiger partial charge on any atom is 0.310 e. The molecule has 162 valence electrons. The number of aliphatic carboxylic acids is 1. The van der Waals surface area contributed by atoms with E-state index in [1.807, 2.05) is 24.3 Å². The fourth-order valence-corrected chi connectivity index (χ4v) is 4.80. The minimum absolute atomic E-state index is 0.228. The van der Waals surface area contributed by atoms with Gasteiger partial charge >= 0.3 is 5.97 Å². The number of likely N-dealkylation sites (tertiary alicyclic amines) is 1. The molecule has 31 heavy (non-hydrogen) atoms. The first-order valence-electron chi connectivity index (χ1n) is 10.8. The number of halogens is 1. The van der Waals surface area contributed by atoms with Crippen LogP contribution in [0.2, 0.25) is 0 Å². The smallest absolute Gasteiger partial charge is 0.310 e. The van der Waals surface area contributed by atoms with Gasteiger partial charge in [-0.3, -0.25) is 9.59 Å². The number of aryl methyl sites for hydroxylation is 2. The molecule has 2 aromatic carbocycles. The van der Waals surface area contributed by atoms with Crippen LogP contribution in [0.3, 0.4) is 0 Å². The Morgan fingerprint density at radius 1 is 1.03 bits per heavy atom. The van der Waals surface area contributed by atoms with Crippen LogP contribution in [-0.2, 0) is 17.6 Å². The minimum Gasteiger partial charge on any atom is -0.481 e. The highest BCUT2D eigenvalue weighted by molar-refractivity contribution is 5.87. The number of hydrogen-bond donors (Lipinski definition) is 1. The Balaban J connectivity index is 1.73. The number of carbonyl (C=O) groups excluding carboxylic acids is 1. The third-order valence-electron chi connectivity index (χ3n) is 6.55. The van der Waals surface area contributed by atoms with Gasteiger partial charge in [0.15, 0.2) is 0 Å². The molecule has 0 spiro atoms. The van der Waals surface area contributed by atoms with E-state index in [2.05, 4.69) is 4.90 Å². The molecule has 0 atom stereocenters. The topological polar surface area (TPSA) is 57.6 Å². The van der Waals surface area contributed by atoms with Crippen molar-refractivity contribution in [2.24, 2.45) is 5.41 Å². The zero-order chi connectivity index (χ0) is 22.2. The summed E-state index contributed by atoms with van der Waals surface area (Å²) in [5, 5.41) is 9.45. The van der Waals surface area contributed by atoms with Crippen molar-refractivity contribution in [1.29, 1.82) is 0 Å². The quantitative estimate of drug-likeness (QED) is 0.724. The van der Waals surface area contributed by atoms with Gasteiger partial charge < -0.3 is 10.0 Å². The van der Waals surface area contributed by atoms with E-state index in [0.717, 1.165) is 72.9 Å². The van der Waals surface area contributed by atoms with Crippen molar-refractivity contribution in [1.82, 2.24) is 4.90 Å². The van der Waals surface area contributed by atoms with Gasteiger partial charge in [-0.1, -0.05) is 23.8 Å². The van der Waals surface area contributed by atoms with Crippen molar-refractivity contribution in [2.75, 3.05) is 19.6 Å². The molecule has 0 bridgehead atoms. The molecule has 0 unspecified atom stereocenters. The molecule has 0 saturated carbocycles. The SMILES string of the molecule is CC(C)(CN1CCC(=C2c3ccc(F)cc3CCc3cc(C=O)ccc32)CC1)C(=O)O. The largest absolute Gasteiger partial charge is 0.481 e. The summed E-state index contributed by atoms with van der Waals surface area (Å²) in [6.07, 6.45) is 4.06. The van der Waals surface area contributed by atoms with Crippen molar-refractivity contribution in [3.05, 3.63) is 75.6 Å². The van der Waals surface area contributed by atoms with Gasteiger partial charge in [0.05, 0.1) is 5.41 Å². The lowest BCUT2D eigenvalue weighted by Crippen LogP contribution is -2.42. The fourth-order valence-electron chi connectivity index (χ4n) is 4.80. The van der Waals surface area contributed by atoms with E-state index < -0.39 is 11.4 Å². The number of fused-ring (bicyclic) bond motifs is 2. The Bertz CT molecular complexity index is 1060. The first-order chi connectivity index (χ1) is 14.8. The highest BCUT2D eigenvalue weighted by atomic mass is 19.1.